The standard InChI is InChI=1S/C14H15ClSi/c1-2-16(15,13-9-5-3-6-10-13)14-11-7-4-8-12-14/h3-12H,2H2,1H3. The van der Waals surface area contributed by atoms with Crippen LogP contribution in [-0.2, 0) is 0 Å². The number of benzene rings is 2. The monoisotopic (exact) mass is 246 g/mol. The van der Waals surface area contributed by atoms with Crippen LogP contribution in [0.25, 0.3) is 0 Å². The van der Waals surface area contributed by atoms with Crippen molar-refractivity contribution in [3.8, 4) is 0 Å². The van der Waals surface area contributed by atoms with E-state index in [1.807, 2.05) is 12.1 Å². The maximum atomic E-state index is 6.91. The molecule has 0 aliphatic carbocycles. The molecule has 0 nitrogen and oxygen atoms in total. The summed E-state index contributed by atoms with van der Waals surface area (Å²) in [4.78, 5) is 0. The Labute approximate surface area is 103 Å². The molecule has 0 N–H and O–H groups in total. The van der Waals surface area contributed by atoms with E-state index < -0.39 is 7.38 Å². The maximum Gasteiger partial charge on any atom is 0.217 e. The first-order valence-corrected chi connectivity index (χ1v) is 8.79. The Morgan fingerprint density at radius 1 is 0.812 bits per heavy atom. The molecule has 0 aromatic heterocycles. The van der Waals surface area contributed by atoms with Gasteiger partial charge in [0.05, 0.1) is 0 Å². The molecule has 16 heavy (non-hydrogen) atoms. The summed E-state index contributed by atoms with van der Waals surface area (Å²) < 4.78 is 0. The summed E-state index contributed by atoms with van der Waals surface area (Å²) in [6.07, 6.45) is 0. The van der Waals surface area contributed by atoms with Crippen LogP contribution in [0.5, 0.6) is 0 Å². The average Bonchev–Trinajstić information content (AvgIpc) is 2.40. The highest BCUT2D eigenvalue weighted by molar-refractivity contribution is 7.34. The molecule has 0 fully saturated rings. The third kappa shape index (κ3) is 2.06. The number of halogens is 1. The number of hydrogen-bond acceptors (Lipinski definition) is 0. The van der Waals surface area contributed by atoms with Gasteiger partial charge in [-0.05, 0) is 16.4 Å². The second-order valence-corrected chi connectivity index (χ2v) is 9.29. The van der Waals surface area contributed by atoms with Crippen molar-refractivity contribution in [2.75, 3.05) is 0 Å². The highest BCUT2D eigenvalue weighted by Crippen LogP contribution is 2.15. The van der Waals surface area contributed by atoms with Crippen molar-refractivity contribution >= 4 is 28.8 Å². The van der Waals surface area contributed by atoms with Crippen LogP contribution in [0.2, 0.25) is 6.04 Å². The fourth-order valence-corrected chi connectivity index (χ4v) is 5.33. The summed E-state index contributed by atoms with van der Waals surface area (Å²) in [5.41, 5.74) is 0. The van der Waals surface area contributed by atoms with Crippen LogP contribution in [0.4, 0.5) is 0 Å². The summed E-state index contributed by atoms with van der Waals surface area (Å²) in [5.74, 6) is 0. The van der Waals surface area contributed by atoms with Crippen LogP contribution in [0, 0.1) is 0 Å². The molecule has 2 heteroatoms. The van der Waals surface area contributed by atoms with Crippen LogP contribution in [0.3, 0.4) is 0 Å². The average molecular weight is 247 g/mol. The zero-order valence-corrected chi connectivity index (χ0v) is 11.1. The maximum absolute atomic E-state index is 6.91. The summed E-state index contributed by atoms with van der Waals surface area (Å²) in [6.45, 7) is 2.18. The predicted octanol–water partition coefficient (Wildman–Crippen LogP) is 3.01. The molecule has 82 valence electrons. The first kappa shape index (κ1) is 11.4. The van der Waals surface area contributed by atoms with Crippen molar-refractivity contribution < 1.29 is 0 Å². The molecule has 0 atom stereocenters. The lowest BCUT2D eigenvalue weighted by molar-refractivity contribution is 1.42. The van der Waals surface area contributed by atoms with E-state index in [9.17, 15) is 0 Å². The van der Waals surface area contributed by atoms with E-state index in [2.05, 4.69) is 55.5 Å². The van der Waals surface area contributed by atoms with E-state index in [0.717, 1.165) is 6.04 Å². The van der Waals surface area contributed by atoms with Gasteiger partial charge in [-0.1, -0.05) is 67.6 Å². The molecule has 2 aromatic rings. The van der Waals surface area contributed by atoms with Gasteiger partial charge >= 0.3 is 0 Å². The van der Waals surface area contributed by atoms with Crippen LogP contribution < -0.4 is 10.4 Å². The van der Waals surface area contributed by atoms with Gasteiger partial charge in [0, 0.05) is 0 Å². The van der Waals surface area contributed by atoms with Crippen molar-refractivity contribution in [1.29, 1.82) is 0 Å². The lowest BCUT2D eigenvalue weighted by atomic mass is 10.4. The summed E-state index contributed by atoms with van der Waals surface area (Å²) in [7, 11) is -2.00. The molecular formula is C14H15ClSi. The third-order valence-electron chi connectivity index (χ3n) is 2.95. The Morgan fingerprint density at radius 3 is 1.50 bits per heavy atom. The molecule has 0 unspecified atom stereocenters. The van der Waals surface area contributed by atoms with Crippen LogP contribution >= 0.6 is 11.1 Å². The smallest absolute Gasteiger partial charge is 0.155 e. The normalized spacial score (nSPS) is 11.4. The SMILES string of the molecule is CC[Si](Cl)(c1ccccc1)c1ccccc1. The van der Waals surface area contributed by atoms with E-state index in [1.165, 1.54) is 10.4 Å². The molecular weight excluding hydrogens is 232 g/mol. The molecule has 2 rings (SSSR count). The Bertz CT molecular complexity index is 399. The molecule has 0 aliphatic rings. The van der Waals surface area contributed by atoms with Gasteiger partial charge in [0.1, 0.15) is 0 Å². The number of rotatable bonds is 3. The lowest BCUT2D eigenvalue weighted by Crippen LogP contribution is -2.52. The summed E-state index contributed by atoms with van der Waals surface area (Å²) in [5, 5.41) is 2.59. The largest absolute Gasteiger partial charge is 0.217 e. The van der Waals surface area contributed by atoms with Crippen molar-refractivity contribution in [2.24, 2.45) is 0 Å². The lowest BCUT2D eigenvalue weighted by Gasteiger charge is -2.23. The van der Waals surface area contributed by atoms with Crippen molar-refractivity contribution in [3.63, 3.8) is 0 Å². The van der Waals surface area contributed by atoms with Crippen LogP contribution in [-0.4, -0.2) is 7.38 Å². The van der Waals surface area contributed by atoms with Gasteiger partial charge in [-0.25, -0.2) is 0 Å². The molecule has 0 spiro atoms. The minimum Gasteiger partial charge on any atom is -0.155 e. The fraction of sp³-hybridized carbons (Fsp3) is 0.143. The highest BCUT2D eigenvalue weighted by Gasteiger charge is 2.32. The van der Waals surface area contributed by atoms with E-state index in [1.54, 1.807) is 0 Å². The van der Waals surface area contributed by atoms with Gasteiger partial charge < -0.3 is 0 Å². The molecule has 0 saturated heterocycles. The minimum absolute atomic E-state index is 1.02. The molecule has 0 radical (unpaired) electrons. The molecule has 2 aromatic carbocycles. The molecule has 0 amide bonds. The zero-order valence-electron chi connectivity index (χ0n) is 9.36. The first-order valence-electron chi connectivity index (χ1n) is 5.57. The van der Waals surface area contributed by atoms with Crippen LogP contribution in [0.1, 0.15) is 6.92 Å². The van der Waals surface area contributed by atoms with Gasteiger partial charge in [-0.15, -0.1) is 0 Å². The molecule has 0 heterocycles. The van der Waals surface area contributed by atoms with E-state index >= 15 is 0 Å². The predicted molar refractivity (Wildman–Crippen MR) is 74.2 cm³/mol. The van der Waals surface area contributed by atoms with Gasteiger partial charge in [0.2, 0.25) is 7.38 Å². The van der Waals surface area contributed by atoms with Crippen molar-refractivity contribution in [1.82, 2.24) is 0 Å². The molecule has 0 aliphatic heterocycles. The Morgan fingerprint density at radius 2 is 1.19 bits per heavy atom. The minimum atomic E-state index is -2.00. The number of hydrogen-bond donors (Lipinski definition) is 0. The van der Waals surface area contributed by atoms with E-state index in [0.29, 0.717) is 0 Å². The Balaban J connectivity index is 2.49. The van der Waals surface area contributed by atoms with Gasteiger partial charge in [0.25, 0.3) is 0 Å². The van der Waals surface area contributed by atoms with Gasteiger partial charge in [-0.3, -0.25) is 0 Å². The third-order valence-corrected chi connectivity index (χ3v) is 8.53. The fourth-order valence-electron chi connectivity index (χ4n) is 1.98. The highest BCUT2D eigenvalue weighted by atomic mass is 35.6. The topological polar surface area (TPSA) is 0 Å². The molecule has 0 saturated carbocycles. The Hall–Kier alpha value is -1.05. The summed E-state index contributed by atoms with van der Waals surface area (Å²) >= 11 is 6.91. The van der Waals surface area contributed by atoms with E-state index in [-0.39, 0.29) is 0 Å². The molecule has 0 bridgehead atoms. The van der Waals surface area contributed by atoms with Gasteiger partial charge in [-0.2, -0.15) is 11.1 Å². The quantitative estimate of drug-likeness (QED) is 0.577. The Kier molecular flexibility index (Phi) is 3.47. The van der Waals surface area contributed by atoms with E-state index in [4.69, 9.17) is 11.1 Å². The van der Waals surface area contributed by atoms with Crippen molar-refractivity contribution in [3.05, 3.63) is 60.7 Å². The van der Waals surface area contributed by atoms with Gasteiger partial charge in [0.15, 0.2) is 0 Å². The summed E-state index contributed by atoms with van der Waals surface area (Å²) in [6, 6.07) is 22.0. The second kappa shape index (κ2) is 4.85. The zero-order chi connectivity index (χ0) is 11.4. The van der Waals surface area contributed by atoms with Crippen molar-refractivity contribution in [2.45, 2.75) is 13.0 Å². The second-order valence-electron chi connectivity index (χ2n) is 3.89. The first-order chi connectivity index (χ1) is 7.77. The van der Waals surface area contributed by atoms with Crippen LogP contribution in [0.15, 0.2) is 60.7 Å².